The van der Waals surface area contributed by atoms with Crippen LogP contribution in [0.5, 0.6) is 5.88 Å². The van der Waals surface area contributed by atoms with Gasteiger partial charge in [0.15, 0.2) is 5.69 Å². The molecule has 0 saturated carbocycles. The van der Waals surface area contributed by atoms with Gasteiger partial charge in [-0.05, 0) is 35.9 Å². The van der Waals surface area contributed by atoms with Crippen LogP contribution in [0.4, 0.5) is 5.69 Å². The van der Waals surface area contributed by atoms with E-state index in [4.69, 9.17) is 0 Å². The minimum absolute atomic E-state index is 0.219. The van der Waals surface area contributed by atoms with Crippen LogP contribution in [0.15, 0.2) is 89.4 Å². The van der Waals surface area contributed by atoms with Gasteiger partial charge in [-0.15, -0.1) is 5.11 Å². The maximum atomic E-state index is 12.9. The number of benzene rings is 2. The number of nitrogens with zero attached hydrogens (tertiary/aromatic N) is 4. The lowest BCUT2D eigenvalue weighted by Crippen LogP contribution is -2.10. The SMILES string of the molecule is O=C(c1ccccc1)n1c(O)c(N=NCc2ccncc2)c2ccccc21. The van der Waals surface area contributed by atoms with E-state index in [1.807, 2.05) is 36.4 Å². The second-order valence-corrected chi connectivity index (χ2v) is 5.95. The Bertz CT molecular complexity index is 1120. The number of para-hydroxylation sites is 1. The Morgan fingerprint density at radius 1 is 0.963 bits per heavy atom. The van der Waals surface area contributed by atoms with Crippen molar-refractivity contribution in [2.75, 3.05) is 0 Å². The normalized spacial score (nSPS) is 11.3. The number of aromatic hydroxyl groups is 1. The summed E-state index contributed by atoms with van der Waals surface area (Å²) in [6, 6.07) is 19.8. The summed E-state index contributed by atoms with van der Waals surface area (Å²) in [5.41, 5.74) is 2.30. The molecule has 2 aromatic carbocycles. The Kier molecular flexibility index (Phi) is 4.45. The maximum absolute atomic E-state index is 12.9. The molecular formula is C21H16N4O2. The molecule has 0 bridgehead atoms. The molecule has 0 radical (unpaired) electrons. The van der Waals surface area contributed by atoms with Gasteiger partial charge in [-0.2, -0.15) is 5.11 Å². The topological polar surface area (TPSA) is 79.8 Å². The number of azo groups is 1. The molecule has 0 aliphatic carbocycles. The van der Waals surface area contributed by atoms with Gasteiger partial charge in [-0.3, -0.25) is 9.78 Å². The van der Waals surface area contributed by atoms with Crippen LogP contribution in [0, 0.1) is 0 Å². The van der Waals surface area contributed by atoms with Crippen LogP contribution in [-0.4, -0.2) is 20.6 Å². The lowest BCUT2D eigenvalue weighted by molar-refractivity contribution is 0.0957. The van der Waals surface area contributed by atoms with Gasteiger partial charge in [0, 0.05) is 23.3 Å². The monoisotopic (exact) mass is 356 g/mol. The van der Waals surface area contributed by atoms with Crippen molar-refractivity contribution in [3.63, 3.8) is 0 Å². The zero-order valence-corrected chi connectivity index (χ0v) is 14.4. The second-order valence-electron chi connectivity index (χ2n) is 5.95. The highest BCUT2D eigenvalue weighted by molar-refractivity contribution is 6.07. The van der Waals surface area contributed by atoms with Gasteiger partial charge in [0.25, 0.3) is 5.91 Å². The molecule has 0 saturated heterocycles. The predicted molar refractivity (Wildman–Crippen MR) is 102 cm³/mol. The Morgan fingerprint density at radius 2 is 1.67 bits per heavy atom. The molecule has 0 atom stereocenters. The van der Waals surface area contributed by atoms with Crippen molar-refractivity contribution >= 4 is 22.5 Å². The first-order valence-corrected chi connectivity index (χ1v) is 8.44. The first-order chi connectivity index (χ1) is 13.3. The van der Waals surface area contributed by atoms with E-state index in [2.05, 4.69) is 15.2 Å². The number of hydrogen-bond acceptors (Lipinski definition) is 5. The molecule has 6 heteroatoms. The lowest BCUT2D eigenvalue weighted by Gasteiger charge is -2.05. The zero-order chi connectivity index (χ0) is 18.6. The highest BCUT2D eigenvalue weighted by atomic mass is 16.3. The molecule has 6 nitrogen and oxygen atoms in total. The standard InChI is InChI=1S/C21H16N4O2/c26-20(16-6-2-1-3-7-16)25-18-9-5-4-8-17(18)19(21(25)27)24-23-14-15-10-12-22-13-11-15/h1-13,27H,14H2. The Labute approximate surface area is 155 Å². The average molecular weight is 356 g/mol. The van der Waals surface area contributed by atoms with Crippen molar-refractivity contribution in [3.8, 4) is 5.88 Å². The van der Waals surface area contributed by atoms with Gasteiger partial charge in [0.2, 0.25) is 5.88 Å². The van der Waals surface area contributed by atoms with Gasteiger partial charge in [0.05, 0.1) is 12.1 Å². The largest absolute Gasteiger partial charge is 0.493 e. The third kappa shape index (κ3) is 3.20. The fourth-order valence-electron chi connectivity index (χ4n) is 2.90. The smallest absolute Gasteiger partial charge is 0.265 e. The third-order valence-corrected chi connectivity index (χ3v) is 4.22. The molecule has 4 aromatic rings. The fraction of sp³-hybridized carbons (Fsp3) is 0.0476. The van der Waals surface area contributed by atoms with Gasteiger partial charge in [0.1, 0.15) is 0 Å². The van der Waals surface area contributed by atoms with Crippen LogP contribution in [0.3, 0.4) is 0 Å². The van der Waals surface area contributed by atoms with Gasteiger partial charge < -0.3 is 5.11 Å². The molecule has 4 rings (SSSR count). The van der Waals surface area contributed by atoms with Crippen LogP contribution in [-0.2, 0) is 6.54 Å². The van der Waals surface area contributed by atoms with Gasteiger partial charge in [-0.1, -0.05) is 36.4 Å². The molecule has 132 valence electrons. The number of aromatic nitrogens is 2. The first-order valence-electron chi connectivity index (χ1n) is 8.44. The predicted octanol–water partition coefficient (Wildman–Crippen LogP) is 4.71. The fourth-order valence-corrected chi connectivity index (χ4v) is 2.90. The van der Waals surface area contributed by atoms with Crippen molar-refractivity contribution in [1.29, 1.82) is 0 Å². The highest BCUT2D eigenvalue weighted by Gasteiger charge is 2.21. The van der Waals surface area contributed by atoms with Crippen molar-refractivity contribution in [1.82, 2.24) is 9.55 Å². The number of fused-ring (bicyclic) bond motifs is 1. The molecule has 0 spiro atoms. The van der Waals surface area contributed by atoms with Crippen LogP contribution >= 0.6 is 0 Å². The van der Waals surface area contributed by atoms with Crippen LogP contribution < -0.4 is 0 Å². The van der Waals surface area contributed by atoms with E-state index >= 15 is 0 Å². The molecular weight excluding hydrogens is 340 g/mol. The number of pyridine rings is 1. The van der Waals surface area contributed by atoms with Crippen LogP contribution in [0.2, 0.25) is 0 Å². The summed E-state index contributed by atoms with van der Waals surface area (Å²) in [5, 5.41) is 19.8. The molecule has 0 unspecified atom stereocenters. The zero-order valence-electron chi connectivity index (χ0n) is 14.4. The minimum Gasteiger partial charge on any atom is -0.493 e. The lowest BCUT2D eigenvalue weighted by atomic mass is 10.2. The summed E-state index contributed by atoms with van der Waals surface area (Å²) in [6.07, 6.45) is 3.37. The number of carbonyl (C=O) groups excluding carboxylic acids is 1. The van der Waals surface area contributed by atoms with E-state index in [1.54, 1.807) is 42.7 Å². The van der Waals surface area contributed by atoms with Gasteiger partial charge in [-0.25, -0.2) is 4.57 Å². The van der Waals surface area contributed by atoms with E-state index in [0.29, 0.717) is 23.0 Å². The number of rotatable bonds is 4. The number of carbonyl (C=O) groups is 1. The van der Waals surface area contributed by atoms with Crippen LogP contribution in [0.1, 0.15) is 15.9 Å². The quantitative estimate of drug-likeness (QED) is 0.538. The van der Waals surface area contributed by atoms with Crippen molar-refractivity contribution in [2.24, 2.45) is 10.2 Å². The molecule has 0 aliphatic heterocycles. The summed E-state index contributed by atoms with van der Waals surface area (Å²) in [6.45, 7) is 0.355. The van der Waals surface area contributed by atoms with Crippen molar-refractivity contribution in [3.05, 3.63) is 90.3 Å². The molecule has 27 heavy (non-hydrogen) atoms. The summed E-state index contributed by atoms with van der Waals surface area (Å²) < 4.78 is 1.27. The summed E-state index contributed by atoms with van der Waals surface area (Å²) in [5.74, 6) is -0.539. The average Bonchev–Trinajstić information content (AvgIpc) is 3.00. The molecule has 2 aromatic heterocycles. The Balaban J connectivity index is 1.76. The van der Waals surface area contributed by atoms with Crippen molar-refractivity contribution in [2.45, 2.75) is 6.54 Å². The number of hydrogen-bond donors (Lipinski definition) is 1. The van der Waals surface area contributed by atoms with E-state index < -0.39 is 0 Å². The van der Waals surface area contributed by atoms with E-state index in [-0.39, 0.29) is 17.5 Å². The third-order valence-electron chi connectivity index (χ3n) is 4.22. The molecule has 1 N–H and O–H groups in total. The molecule has 0 amide bonds. The van der Waals surface area contributed by atoms with E-state index in [1.165, 1.54) is 4.57 Å². The second kappa shape index (κ2) is 7.21. The summed E-state index contributed by atoms with van der Waals surface area (Å²) in [7, 11) is 0. The van der Waals surface area contributed by atoms with E-state index in [0.717, 1.165) is 5.56 Å². The Hall–Kier alpha value is -3.80. The minimum atomic E-state index is -0.320. The summed E-state index contributed by atoms with van der Waals surface area (Å²) in [4.78, 5) is 16.9. The molecule has 2 heterocycles. The van der Waals surface area contributed by atoms with Crippen LogP contribution in [0.25, 0.3) is 10.9 Å². The molecule has 0 aliphatic rings. The van der Waals surface area contributed by atoms with E-state index in [9.17, 15) is 9.90 Å². The highest BCUT2D eigenvalue weighted by Crippen LogP contribution is 2.39. The Morgan fingerprint density at radius 3 is 2.44 bits per heavy atom. The first kappa shape index (κ1) is 16.7. The maximum Gasteiger partial charge on any atom is 0.265 e. The van der Waals surface area contributed by atoms with Gasteiger partial charge >= 0.3 is 0 Å². The summed E-state index contributed by atoms with van der Waals surface area (Å²) >= 11 is 0. The molecule has 0 fully saturated rings. The van der Waals surface area contributed by atoms with Crippen molar-refractivity contribution < 1.29 is 9.90 Å².